The Hall–Kier alpha value is -2.71. The largest absolute Gasteiger partial charge is 0.348 e. The lowest BCUT2D eigenvalue weighted by atomic mass is 10.1. The summed E-state index contributed by atoms with van der Waals surface area (Å²) in [5.74, 6) is -1.08. The highest BCUT2D eigenvalue weighted by Crippen LogP contribution is 2.31. The minimum absolute atomic E-state index is 0.231. The topological polar surface area (TPSA) is 67.4 Å². The summed E-state index contributed by atoms with van der Waals surface area (Å²) in [5.41, 5.74) is 0.774. The van der Waals surface area contributed by atoms with Crippen LogP contribution in [0.25, 0.3) is 22.2 Å². The van der Waals surface area contributed by atoms with Crippen molar-refractivity contribution in [3.8, 4) is 11.3 Å². The molecule has 8 heteroatoms. The number of hydrogen-bond donors (Lipinski definition) is 0. The van der Waals surface area contributed by atoms with Crippen LogP contribution in [0.5, 0.6) is 0 Å². The molecule has 7 nitrogen and oxygen atoms in total. The highest BCUT2D eigenvalue weighted by molar-refractivity contribution is 5.93. The molecule has 3 aromatic rings. The van der Waals surface area contributed by atoms with Crippen LogP contribution in [0.3, 0.4) is 0 Å². The summed E-state index contributed by atoms with van der Waals surface area (Å²) in [6.07, 6.45) is 1.51. The maximum Gasteiger partial charge on any atom is 0.330 e. The standard InChI is InChI=1S/C20H22FN3O4/c1-20(2)27-11-14(28-20)9-24-10-15-16(18(25)23(4)19(26)22(15)3)17(24)12-6-5-7-13(21)8-12/h5-8,10,14H,9,11H2,1-4H3/t14-/m1/s1. The van der Waals surface area contributed by atoms with Gasteiger partial charge in [-0.1, -0.05) is 12.1 Å². The minimum atomic E-state index is -0.681. The van der Waals surface area contributed by atoms with E-state index in [-0.39, 0.29) is 6.10 Å². The van der Waals surface area contributed by atoms with Crippen LogP contribution in [-0.2, 0) is 30.1 Å². The van der Waals surface area contributed by atoms with Gasteiger partial charge in [0.1, 0.15) is 11.9 Å². The second-order valence-electron chi connectivity index (χ2n) is 7.56. The Morgan fingerprint density at radius 1 is 1.21 bits per heavy atom. The number of nitrogens with zero attached hydrogens (tertiary/aromatic N) is 3. The molecule has 1 aliphatic rings. The molecule has 1 saturated heterocycles. The summed E-state index contributed by atoms with van der Waals surface area (Å²) < 4.78 is 29.8. The monoisotopic (exact) mass is 387 g/mol. The average Bonchev–Trinajstić information content (AvgIpc) is 3.18. The molecule has 0 radical (unpaired) electrons. The van der Waals surface area contributed by atoms with Gasteiger partial charge in [-0.2, -0.15) is 0 Å². The Morgan fingerprint density at radius 3 is 2.61 bits per heavy atom. The van der Waals surface area contributed by atoms with E-state index in [0.29, 0.717) is 35.3 Å². The second-order valence-corrected chi connectivity index (χ2v) is 7.56. The Kier molecular flexibility index (Phi) is 4.28. The van der Waals surface area contributed by atoms with E-state index in [9.17, 15) is 14.0 Å². The third-order valence-corrected chi connectivity index (χ3v) is 5.08. The zero-order valence-corrected chi connectivity index (χ0v) is 16.2. The van der Waals surface area contributed by atoms with Gasteiger partial charge in [0, 0.05) is 25.9 Å². The van der Waals surface area contributed by atoms with E-state index in [0.717, 1.165) is 4.57 Å². The summed E-state index contributed by atoms with van der Waals surface area (Å²) >= 11 is 0. The number of benzene rings is 1. The van der Waals surface area contributed by atoms with Gasteiger partial charge in [-0.05, 0) is 26.0 Å². The average molecular weight is 387 g/mol. The molecule has 0 bridgehead atoms. The summed E-state index contributed by atoms with van der Waals surface area (Å²) in [7, 11) is 3.05. The molecule has 0 unspecified atom stereocenters. The molecule has 0 aliphatic carbocycles. The lowest BCUT2D eigenvalue weighted by molar-refractivity contribution is -0.139. The Balaban J connectivity index is 1.97. The fourth-order valence-corrected chi connectivity index (χ4v) is 3.75. The molecule has 148 valence electrons. The first kappa shape index (κ1) is 18.6. The van der Waals surface area contributed by atoms with E-state index in [1.54, 1.807) is 25.4 Å². The van der Waals surface area contributed by atoms with Gasteiger partial charge in [-0.15, -0.1) is 0 Å². The van der Waals surface area contributed by atoms with Crippen LogP contribution in [0, 0.1) is 5.82 Å². The molecule has 2 aromatic heterocycles. The number of halogens is 1. The number of aryl methyl sites for hydroxylation is 1. The van der Waals surface area contributed by atoms with Crippen LogP contribution in [0.1, 0.15) is 13.8 Å². The summed E-state index contributed by atoms with van der Waals surface area (Å²) in [6, 6.07) is 6.07. The van der Waals surface area contributed by atoms with Gasteiger partial charge in [-0.3, -0.25) is 13.9 Å². The maximum absolute atomic E-state index is 13.9. The summed E-state index contributed by atoms with van der Waals surface area (Å²) in [4.78, 5) is 25.3. The van der Waals surface area contributed by atoms with Crippen molar-refractivity contribution in [1.82, 2.24) is 13.7 Å². The third kappa shape index (κ3) is 2.98. The summed E-state index contributed by atoms with van der Waals surface area (Å²) in [5, 5.41) is 0.369. The molecule has 0 amide bonds. The normalized spacial score (nSPS) is 18.8. The van der Waals surface area contributed by atoms with Gasteiger partial charge in [-0.25, -0.2) is 9.18 Å². The molecular formula is C20H22FN3O4. The van der Waals surface area contributed by atoms with Gasteiger partial charge in [0.15, 0.2) is 5.79 Å². The Bertz CT molecular complexity index is 1190. The molecule has 0 N–H and O–H groups in total. The zero-order chi connectivity index (χ0) is 20.2. The highest BCUT2D eigenvalue weighted by Gasteiger charge is 2.33. The van der Waals surface area contributed by atoms with Gasteiger partial charge in [0.2, 0.25) is 0 Å². The van der Waals surface area contributed by atoms with Crippen molar-refractivity contribution in [3.63, 3.8) is 0 Å². The van der Waals surface area contributed by atoms with Gasteiger partial charge in [0.25, 0.3) is 5.56 Å². The zero-order valence-electron chi connectivity index (χ0n) is 16.2. The molecule has 4 rings (SSSR count). The first-order chi connectivity index (χ1) is 13.2. The third-order valence-electron chi connectivity index (χ3n) is 5.08. The molecule has 1 atom stereocenters. The lowest BCUT2D eigenvalue weighted by Gasteiger charge is -2.18. The molecule has 1 fully saturated rings. The Morgan fingerprint density at radius 2 is 1.96 bits per heavy atom. The molecule has 1 aromatic carbocycles. The van der Waals surface area contributed by atoms with Crippen molar-refractivity contribution in [2.75, 3.05) is 6.61 Å². The number of ether oxygens (including phenoxy) is 2. The fraction of sp³-hybridized carbons (Fsp3) is 0.400. The Labute approximate surface area is 160 Å². The van der Waals surface area contributed by atoms with Gasteiger partial charge in [0.05, 0.1) is 29.7 Å². The van der Waals surface area contributed by atoms with E-state index < -0.39 is 22.9 Å². The molecule has 0 saturated carbocycles. The SMILES string of the molecule is Cn1c(=O)c2c(-c3cccc(F)c3)n(C[C@@H]3COC(C)(C)O3)cc2n(C)c1=O. The van der Waals surface area contributed by atoms with Crippen molar-refractivity contribution in [2.24, 2.45) is 14.1 Å². The van der Waals surface area contributed by atoms with E-state index in [1.807, 2.05) is 18.4 Å². The van der Waals surface area contributed by atoms with E-state index >= 15 is 0 Å². The van der Waals surface area contributed by atoms with Crippen molar-refractivity contribution in [2.45, 2.75) is 32.3 Å². The molecular weight excluding hydrogens is 365 g/mol. The van der Waals surface area contributed by atoms with Crippen LogP contribution in [-0.4, -0.2) is 32.2 Å². The van der Waals surface area contributed by atoms with Crippen molar-refractivity contribution in [3.05, 3.63) is 57.1 Å². The van der Waals surface area contributed by atoms with Crippen molar-refractivity contribution >= 4 is 10.9 Å². The highest BCUT2D eigenvalue weighted by atomic mass is 19.1. The van der Waals surface area contributed by atoms with Crippen LogP contribution in [0.4, 0.5) is 4.39 Å². The second kappa shape index (κ2) is 6.42. The maximum atomic E-state index is 13.9. The quantitative estimate of drug-likeness (QED) is 0.689. The van der Waals surface area contributed by atoms with Crippen LogP contribution < -0.4 is 11.2 Å². The van der Waals surface area contributed by atoms with Crippen LogP contribution in [0.15, 0.2) is 40.1 Å². The number of hydrogen-bond acceptors (Lipinski definition) is 4. The lowest BCUT2D eigenvalue weighted by Crippen LogP contribution is -2.36. The number of fused-ring (bicyclic) bond motifs is 1. The first-order valence-corrected chi connectivity index (χ1v) is 9.04. The van der Waals surface area contributed by atoms with Crippen LogP contribution in [0.2, 0.25) is 0 Å². The fourth-order valence-electron chi connectivity index (χ4n) is 3.75. The smallest absolute Gasteiger partial charge is 0.330 e. The molecule has 0 spiro atoms. The van der Waals surface area contributed by atoms with Crippen molar-refractivity contribution in [1.29, 1.82) is 0 Å². The number of rotatable bonds is 3. The molecule has 1 aliphatic heterocycles. The van der Waals surface area contributed by atoms with Crippen molar-refractivity contribution < 1.29 is 13.9 Å². The van der Waals surface area contributed by atoms with Gasteiger partial charge < -0.3 is 14.0 Å². The molecule has 3 heterocycles. The summed E-state index contributed by atoms with van der Waals surface area (Å²) in [6.45, 7) is 4.49. The van der Waals surface area contributed by atoms with Gasteiger partial charge >= 0.3 is 5.69 Å². The van der Waals surface area contributed by atoms with E-state index in [1.165, 1.54) is 23.7 Å². The van der Waals surface area contributed by atoms with E-state index in [4.69, 9.17) is 9.47 Å². The molecule has 28 heavy (non-hydrogen) atoms. The predicted molar refractivity (Wildman–Crippen MR) is 103 cm³/mol. The first-order valence-electron chi connectivity index (χ1n) is 9.04. The van der Waals surface area contributed by atoms with E-state index in [2.05, 4.69) is 0 Å². The number of aromatic nitrogens is 3. The minimum Gasteiger partial charge on any atom is -0.348 e. The van der Waals surface area contributed by atoms with Crippen LogP contribution >= 0.6 is 0 Å². The predicted octanol–water partition coefficient (Wildman–Crippen LogP) is 2.00.